The number of nitrogens with one attached hydrogen (secondary N) is 1. The van der Waals surface area contributed by atoms with Gasteiger partial charge >= 0.3 is 0 Å². The monoisotopic (exact) mass is 333 g/mol. The maximum Gasteiger partial charge on any atom is 0.220 e. The van der Waals surface area contributed by atoms with E-state index in [1.165, 1.54) is 11.1 Å². The van der Waals surface area contributed by atoms with Gasteiger partial charge in [-0.15, -0.1) is 10.2 Å². The summed E-state index contributed by atoms with van der Waals surface area (Å²) in [6.07, 6.45) is 2.78. The molecule has 0 saturated carbocycles. The number of aryl methyl sites for hydroxylation is 2. The molecule has 1 heterocycles. The molecule has 1 aliphatic rings. The van der Waals surface area contributed by atoms with E-state index >= 15 is 0 Å². The number of carbonyl (C=O) groups is 1. The number of hydrogen-bond acceptors (Lipinski definition) is 5. The highest BCUT2D eigenvalue weighted by molar-refractivity contribution is 8.01. The van der Waals surface area contributed by atoms with Gasteiger partial charge in [-0.25, -0.2) is 0 Å². The van der Waals surface area contributed by atoms with Crippen molar-refractivity contribution in [3.05, 3.63) is 40.4 Å². The minimum atomic E-state index is 0.149. The predicted molar refractivity (Wildman–Crippen MR) is 90.5 cm³/mol. The lowest BCUT2D eigenvalue weighted by atomic mass is 9.97. The smallest absolute Gasteiger partial charge is 0.220 e. The summed E-state index contributed by atoms with van der Waals surface area (Å²) in [5.41, 5.74) is 2.76. The maximum atomic E-state index is 12.1. The minimum Gasteiger partial charge on any atom is -0.355 e. The predicted octanol–water partition coefficient (Wildman–Crippen LogP) is 3.17. The molecule has 4 nitrogen and oxygen atoms in total. The summed E-state index contributed by atoms with van der Waals surface area (Å²) in [7, 11) is 0. The van der Waals surface area contributed by atoms with Crippen molar-refractivity contribution in [2.24, 2.45) is 0 Å². The van der Waals surface area contributed by atoms with Crippen LogP contribution >= 0.6 is 23.1 Å². The Labute approximate surface area is 138 Å². The lowest BCUT2D eigenvalue weighted by molar-refractivity contribution is -0.121. The zero-order valence-electron chi connectivity index (χ0n) is 12.5. The first kappa shape index (κ1) is 15.5. The van der Waals surface area contributed by atoms with Crippen molar-refractivity contribution in [2.45, 2.75) is 36.4 Å². The Morgan fingerprint density at radius 1 is 1.41 bits per heavy atom. The van der Waals surface area contributed by atoms with Crippen LogP contribution in [0.1, 0.15) is 34.9 Å². The van der Waals surface area contributed by atoms with Crippen LogP contribution in [0.4, 0.5) is 0 Å². The zero-order chi connectivity index (χ0) is 15.4. The Hall–Kier alpha value is -1.40. The molecule has 1 aromatic heterocycles. The van der Waals surface area contributed by atoms with E-state index in [0.717, 1.165) is 27.9 Å². The third-order valence-corrected chi connectivity index (χ3v) is 5.82. The summed E-state index contributed by atoms with van der Waals surface area (Å²) >= 11 is 3.24. The summed E-state index contributed by atoms with van der Waals surface area (Å²) in [4.78, 5) is 12.1. The fraction of sp³-hybridized carbons (Fsp3) is 0.438. The van der Waals surface area contributed by atoms with Crippen molar-refractivity contribution >= 4 is 29.0 Å². The molecular formula is C16H19N3OS2. The molecule has 1 N–H and O–H groups in total. The van der Waals surface area contributed by atoms with E-state index in [2.05, 4.69) is 39.8 Å². The number of fused-ring (bicyclic) bond motifs is 1. The van der Waals surface area contributed by atoms with Crippen LogP contribution in [0.5, 0.6) is 0 Å². The number of aromatic nitrogens is 2. The molecule has 1 amide bonds. The van der Waals surface area contributed by atoms with E-state index in [9.17, 15) is 4.79 Å². The summed E-state index contributed by atoms with van der Waals surface area (Å²) in [5, 5.41) is 12.0. The lowest BCUT2D eigenvalue weighted by Crippen LogP contribution is -2.26. The molecule has 0 unspecified atom stereocenters. The molecule has 2 aromatic rings. The van der Waals surface area contributed by atoms with Crippen molar-refractivity contribution in [2.75, 3.05) is 12.3 Å². The van der Waals surface area contributed by atoms with Gasteiger partial charge in [-0.1, -0.05) is 47.4 Å². The van der Waals surface area contributed by atoms with E-state index in [-0.39, 0.29) is 5.91 Å². The molecule has 0 saturated heterocycles. The largest absolute Gasteiger partial charge is 0.355 e. The SMILES string of the molecule is Cc1nnc(SCCNC(=O)C[C@@H]2CCc3ccccc32)s1. The Kier molecular flexibility index (Phi) is 5.10. The van der Waals surface area contributed by atoms with Gasteiger partial charge in [0.2, 0.25) is 5.91 Å². The fourth-order valence-corrected chi connectivity index (χ4v) is 4.56. The number of rotatable bonds is 6. The topological polar surface area (TPSA) is 54.9 Å². The van der Waals surface area contributed by atoms with Crippen LogP contribution in [0.3, 0.4) is 0 Å². The summed E-state index contributed by atoms with van der Waals surface area (Å²) in [5.74, 6) is 1.37. The van der Waals surface area contributed by atoms with Crippen molar-refractivity contribution < 1.29 is 4.79 Å². The molecule has 6 heteroatoms. The third-order valence-electron chi connectivity index (χ3n) is 3.85. The van der Waals surface area contributed by atoms with Gasteiger partial charge in [0.05, 0.1) is 0 Å². The number of benzene rings is 1. The molecule has 0 bridgehead atoms. The molecule has 0 aliphatic heterocycles. The molecule has 0 fully saturated rings. The second kappa shape index (κ2) is 7.24. The summed E-state index contributed by atoms with van der Waals surface area (Å²) < 4.78 is 0.969. The second-order valence-electron chi connectivity index (χ2n) is 5.42. The molecule has 116 valence electrons. The number of nitrogens with zero attached hydrogens (tertiary/aromatic N) is 2. The van der Waals surface area contributed by atoms with Crippen molar-refractivity contribution in [1.29, 1.82) is 0 Å². The first-order valence-electron chi connectivity index (χ1n) is 7.50. The Morgan fingerprint density at radius 2 is 2.27 bits per heavy atom. The zero-order valence-corrected chi connectivity index (χ0v) is 14.2. The van der Waals surface area contributed by atoms with Gasteiger partial charge in [0.1, 0.15) is 5.01 Å². The standard InChI is InChI=1S/C16H19N3OS2/c1-11-18-19-16(22-11)21-9-8-17-15(20)10-13-7-6-12-4-2-3-5-14(12)13/h2-5,13H,6-10H2,1H3,(H,17,20)/t13-/m0/s1. The highest BCUT2D eigenvalue weighted by atomic mass is 32.2. The number of thioether (sulfide) groups is 1. The summed E-state index contributed by atoms with van der Waals surface area (Å²) in [6.45, 7) is 2.62. The third kappa shape index (κ3) is 3.87. The number of hydrogen-bond donors (Lipinski definition) is 1. The quantitative estimate of drug-likeness (QED) is 0.652. The van der Waals surface area contributed by atoms with E-state index < -0.39 is 0 Å². The molecule has 1 aromatic carbocycles. The number of carbonyl (C=O) groups excluding carboxylic acids is 1. The molecule has 3 rings (SSSR count). The van der Waals surface area contributed by atoms with Crippen LogP contribution in [0.15, 0.2) is 28.6 Å². The van der Waals surface area contributed by atoms with Crippen LogP contribution in [0, 0.1) is 6.92 Å². The van der Waals surface area contributed by atoms with Crippen LogP contribution in [-0.4, -0.2) is 28.4 Å². The molecule has 0 radical (unpaired) electrons. The average molecular weight is 333 g/mol. The second-order valence-corrected chi connectivity index (χ2v) is 7.95. The summed E-state index contributed by atoms with van der Waals surface area (Å²) in [6, 6.07) is 8.48. The first-order valence-corrected chi connectivity index (χ1v) is 9.30. The Morgan fingerprint density at radius 3 is 3.09 bits per heavy atom. The Bertz CT molecular complexity index is 656. The first-order chi connectivity index (χ1) is 10.7. The molecular weight excluding hydrogens is 314 g/mol. The van der Waals surface area contributed by atoms with E-state index in [0.29, 0.717) is 18.9 Å². The van der Waals surface area contributed by atoms with Gasteiger partial charge in [0.25, 0.3) is 0 Å². The van der Waals surface area contributed by atoms with E-state index in [4.69, 9.17) is 0 Å². The highest BCUT2D eigenvalue weighted by Crippen LogP contribution is 2.35. The highest BCUT2D eigenvalue weighted by Gasteiger charge is 2.23. The van der Waals surface area contributed by atoms with Crippen molar-refractivity contribution in [3.63, 3.8) is 0 Å². The van der Waals surface area contributed by atoms with E-state index in [1.54, 1.807) is 23.1 Å². The minimum absolute atomic E-state index is 0.149. The van der Waals surface area contributed by atoms with Crippen LogP contribution in [0.2, 0.25) is 0 Å². The van der Waals surface area contributed by atoms with Crippen LogP contribution < -0.4 is 5.32 Å². The van der Waals surface area contributed by atoms with Gasteiger partial charge in [-0.05, 0) is 36.8 Å². The maximum absolute atomic E-state index is 12.1. The van der Waals surface area contributed by atoms with Crippen molar-refractivity contribution in [1.82, 2.24) is 15.5 Å². The Balaban J connectivity index is 1.40. The van der Waals surface area contributed by atoms with Gasteiger partial charge in [-0.3, -0.25) is 4.79 Å². The van der Waals surface area contributed by atoms with E-state index in [1.807, 2.05) is 6.92 Å². The fourth-order valence-electron chi connectivity index (χ4n) is 2.82. The van der Waals surface area contributed by atoms with Gasteiger partial charge in [0.15, 0.2) is 4.34 Å². The van der Waals surface area contributed by atoms with Crippen LogP contribution in [-0.2, 0) is 11.2 Å². The molecule has 1 aliphatic carbocycles. The lowest BCUT2D eigenvalue weighted by Gasteiger charge is -2.11. The number of amides is 1. The normalized spacial score (nSPS) is 16.5. The van der Waals surface area contributed by atoms with Gasteiger partial charge < -0.3 is 5.32 Å². The average Bonchev–Trinajstić information content (AvgIpc) is 3.11. The van der Waals surface area contributed by atoms with Gasteiger partial charge in [0, 0.05) is 18.7 Å². The molecule has 1 atom stereocenters. The molecule has 22 heavy (non-hydrogen) atoms. The molecule has 0 spiro atoms. The van der Waals surface area contributed by atoms with Gasteiger partial charge in [-0.2, -0.15) is 0 Å². The van der Waals surface area contributed by atoms with Crippen LogP contribution in [0.25, 0.3) is 0 Å². The van der Waals surface area contributed by atoms with Crippen molar-refractivity contribution in [3.8, 4) is 0 Å².